The third-order valence-corrected chi connectivity index (χ3v) is 4.52. The molecule has 20 heavy (non-hydrogen) atoms. The highest BCUT2D eigenvalue weighted by molar-refractivity contribution is 5.82. The SMILES string of the molecule is CCC(C)C(N)C(=O)N1CCCC1Cc1ccccc1. The molecule has 0 radical (unpaired) electrons. The van der Waals surface area contributed by atoms with Crippen molar-refractivity contribution in [2.75, 3.05) is 6.54 Å². The number of likely N-dealkylation sites (tertiary alicyclic amines) is 1. The molecule has 0 saturated carbocycles. The molecule has 0 bridgehead atoms. The van der Waals surface area contributed by atoms with Crippen molar-refractivity contribution in [2.45, 2.75) is 51.6 Å². The van der Waals surface area contributed by atoms with E-state index >= 15 is 0 Å². The molecular weight excluding hydrogens is 248 g/mol. The molecule has 3 unspecified atom stereocenters. The second kappa shape index (κ2) is 6.89. The van der Waals surface area contributed by atoms with E-state index in [4.69, 9.17) is 5.73 Å². The average molecular weight is 274 g/mol. The van der Waals surface area contributed by atoms with Gasteiger partial charge in [-0.05, 0) is 30.7 Å². The Hall–Kier alpha value is -1.35. The third kappa shape index (κ3) is 3.40. The van der Waals surface area contributed by atoms with Crippen LogP contribution in [0.2, 0.25) is 0 Å². The number of hydrogen-bond acceptors (Lipinski definition) is 2. The van der Waals surface area contributed by atoms with Crippen LogP contribution in [-0.2, 0) is 11.2 Å². The summed E-state index contributed by atoms with van der Waals surface area (Å²) in [5, 5.41) is 0. The third-order valence-electron chi connectivity index (χ3n) is 4.52. The molecular formula is C17H26N2O. The van der Waals surface area contributed by atoms with Gasteiger partial charge in [-0.1, -0.05) is 50.6 Å². The predicted molar refractivity (Wildman–Crippen MR) is 82.3 cm³/mol. The van der Waals surface area contributed by atoms with Crippen LogP contribution in [0.4, 0.5) is 0 Å². The number of hydrogen-bond donors (Lipinski definition) is 1. The first kappa shape index (κ1) is 15.0. The van der Waals surface area contributed by atoms with Gasteiger partial charge in [0.15, 0.2) is 0 Å². The summed E-state index contributed by atoms with van der Waals surface area (Å²) in [6, 6.07) is 10.4. The van der Waals surface area contributed by atoms with Gasteiger partial charge in [-0.25, -0.2) is 0 Å². The van der Waals surface area contributed by atoms with Crippen LogP contribution in [0.5, 0.6) is 0 Å². The first-order chi connectivity index (χ1) is 9.63. The zero-order valence-electron chi connectivity index (χ0n) is 12.6. The summed E-state index contributed by atoms with van der Waals surface area (Å²) in [4.78, 5) is 14.6. The number of amides is 1. The molecule has 0 aromatic heterocycles. The van der Waals surface area contributed by atoms with E-state index in [0.29, 0.717) is 6.04 Å². The minimum absolute atomic E-state index is 0.137. The van der Waals surface area contributed by atoms with Gasteiger partial charge in [0.2, 0.25) is 5.91 Å². The van der Waals surface area contributed by atoms with Crippen LogP contribution in [0.1, 0.15) is 38.7 Å². The van der Waals surface area contributed by atoms with Crippen LogP contribution < -0.4 is 5.73 Å². The second-order valence-corrected chi connectivity index (χ2v) is 5.93. The zero-order valence-corrected chi connectivity index (χ0v) is 12.6. The van der Waals surface area contributed by atoms with Gasteiger partial charge < -0.3 is 10.6 Å². The average Bonchev–Trinajstić information content (AvgIpc) is 2.94. The maximum atomic E-state index is 12.5. The Morgan fingerprint density at radius 2 is 2.10 bits per heavy atom. The van der Waals surface area contributed by atoms with Gasteiger partial charge in [-0.15, -0.1) is 0 Å². The van der Waals surface area contributed by atoms with Crippen molar-refractivity contribution in [3.63, 3.8) is 0 Å². The van der Waals surface area contributed by atoms with E-state index in [1.165, 1.54) is 5.56 Å². The Bertz CT molecular complexity index is 432. The molecule has 1 aliphatic rings. The largest absolute Gasteiger partial charge is 0.338 e. The van der Waals surface area contributed by atoms with Crippen molar-refractivity contribution in [1.82, 2.24) is 4.90 Å². The van der Waals surface area contributed by atoms with Gasteiger partial charge in [-0.3, -0.25) is 4.79 Å². The number of nitrogens with two attached hydrogens (primary N) is 1. The van der Waals surface area contributed by atoms with Gasteiger partial charge in [0.05, 0.1) is 6.04 Å². The molecule has 3 atom stereocenters. The van der Waals surface area contributed by atoms with Gasteiger partial charge in [0, 0.05) is 12.6 Å². The molecule has 1 heterocycles. The Kier molecular flexibility index (Phi) is 5.18. The fourth-order valence-electron chi connectivity index (χ4n) is 2.91. The highest BCUT2D eigenvalue weighted by atomic mass is 16.2. The van der Waals surface area contributed by atoms with Crippen molar-refractivity contribution >= 4 is 5.91 Å². The Labute approximate surface area is 122 Å². The number of benzene rings is 1. The maximum absolute atomic E-state index is 12.5. The first-order valence-corrected chi connectivity index (χ1v) is 7.73. The van der Waals surface area contributed by atoms with Gasteiger partial charge in [0.1, 0.15) is 0 Å². The van der Waals surface area contributed by atoms with Crippen LogP contribution in [0.25, 0.3) is 0 Å². The Balaban J connectivity index is 2.02. The lowest BCUT2D eigenvalue weighted by Crippen LogP contribution is -2.49. The fourth-order valence-corrected chi connectivity index (χ4v) is 2.91. The summed E-state index contributed by atoms with van der Waals surface area (Å²) in [6.07, 6.45) is 4.08. The molecule has 2 rings (SSSR count). The van der Waals surface area contributed by atoms with E-state index in [2.05, 4.69) is 38.1 Å². The van der Waals surface area contributed by atoms with E-state index in [-0.39, 0.29) is 17.9 Å². The molecule has 0 spiro atoms. The minimum atomic E-state index is -0.351. The molecule has 0 aliphatic carbocycles. The summed E-state index contributed by atoms with van der Waals surface area (Å²) in [5.74, 6) is 0.387. The molecule has 1 aliphatic heterocycles. The van der Waals surface area contributed by atoms with Gasteiger partial charge >= 0.3 is 0 Å². The summed E-state index contributed by atoms with van der Waals surface area (Å²) >= 11 is 0. The zero-order chi connectivity index (χ0) is 14.5. The van der Waals surface area contributed by atoms with Crippen molar-refractivity contribution < 1.29 is 4.79 Å². The van der Waals surface area contributed by atoms with Crippen LogP contribution in [0.15, 0.2) is 30.3 Å². The Morgan fingerprint density at radius 1 is 1.40 bits per heavy atom. The highest BCUT2D eigenvalue weighted by Gasteiger charge is 2.33. The molecule has 3 nitrogen and oxygen atoms in total. The lowest BCUT2D eigenvalue weighted by molar-refractivity contribution is -0.134. The van der Waals surface area contributed by atoms with Crippen molar-refractivity contribution in [2.24, 2.45) is 11.7 Å². The molecule has 3 heteroatoms. The molecule has 110 valence electrons. The molecule has 1 aromatic carbocycles. The second-order valence-electron chi connectivity index (χ2n) is 5.93. The van der Waals surface area contributed by atoms with Crippen molar-refractivity contribution in [3.8, 4) is 0 Å². The van der Waals surface area contributed by atoms with Crippen molar-refractivity contribution in [3.05, 3.63) is 35.9 Å². The number of carbonyl (C=O) groups is 1. The Morgan fingerprint density at radius 3 is 2.75 bits per heavy atom. The quantitative estimate of drug-likeness (QED) is 0.897. The van der Waals surface area contributed by atoms with E-state index in [1.807, 2.05) is 11.0 Å². The first-order valence-electron chi connectivity index (χ1n) is 7.73. The lowest BCUT2D eigenvalue weighted by atomic mass is 9.97. The van der Waals surface area contributed by atoms with E-state index < -0.39 is 0 Å². The maximum Gasteiger partial charge on any atom is 0.240 e. The summed E-state index contributed by atoms with van der Waals surface area (Å²) in [6.45, 7) is 5.01. The number of nitrogens with zero attached hydrogens (tertiary/aromatic N) is 1. The van der Waals surface area contributed by atoms with Crippen LogP contribution >= 0.6 is 0 Å². The standard InChI is InChI=1S/C17H26N2O/c1-3-13(2)16(18)17(20)19-11-7-10-15(19)12-14-8-5-4-6-9-14/h4-6,8-9,13,15-16H,3,7,10-12,18H2,1-2H3. The van der Waals surface area contributed by atoms with Crippen molar-refractivity contribution in [1.29, 1.82) is 0 Å². The number of carbonyl (C=O) groups excluding carboxylic acids is 1. The predicted octanol–water partition coefficient (Wildman–Crippen LogP) is 2.59. The van der Waals surface area contributed by atoms with Gasteiger partial charge in [0.25, 0.3) is 0 Å². The molecule has 1 saturated heterocycles. The molecule has 1 aromatic rings. The van der Waals surface area contributed by atoms with E-state index in [9.17, 15) is 4.79 Å². The van der Waals surface area contributed by atoms with Crippen LogP contribution in [0.3, 0.4) is 0 Å². The lowest BCUT2D eigenvalue weighted by Gasteiger charge is -2.29. The van der Waals surface area contributed by atoms with Crippen LogP contribution in [-0.4, -0.2) is 29.4 Å². The molecule has 1 fully saturated rings. The minimum Gasteiger partial charge on any atom is -0.338 e. The molecule has 1 amide bonds. The van der Waals surface area contributed by atoms with E-state index in [1.54, 1.807) is 0 Å². The van der Waals surface area contributed by atoms with Gasteiger partial charge in [-0.2, -0.15) is 0 Å². The monoisotopic (exact) mass is 274 g/mol. The number of rotatable bonds is 5. The topological polar surface area (TPSA) is 46.3 Å². The van der Waals surface area contributed by atoms with Crippen LogP contribution in [0, 0.1) is 5.92 Å². The fraction of sp³-hybridized carbons (Fsp3) is 0.588. The summed E-state index contributed by atoms with van der Waals surface area (Å²) in [5.41, 5.74) is 7.42. The van der Waals surface area contributed by atoms with E-state index in [0.717, 1.165) is 32.2 Å². The normalized spacial score (nSPS) is 21.8. The highest BCUT2D eigenvalue weighted by Crippen LogP contribution is 2.23. The smallest absolute Gasteiger partial charge is 0.240 e. The summed E-state index contributed by atoms with van der Waals surface area (Å²) in [7, 11) is 0. The molecule has 2 N–H and O–H groups in total. The summed E-state index contributed by atoms with van der Waals surface area (Å²) < 4.78 is 0.